The molecule has 2 aliphatic carbocycles. The zero-order valence-electron chi connectivity index (χ0n) is 15.8. The highest BCUT2D eigenvalue weighted by Gasteiger charge is 2.53. The van der Waals surface area contributed by atoms with Crippen molar-refractivity contribution < 1.29 is 23.1 Å². The molecule has 6 heteroatoms. The molecule has 1 amide bonds. The van der Waals surface area contributed by atoms with E-state index in [2.05, 4.69) is 0 Å². The molecule has 1 aromatic carbocycles. The van der Waals surface area contributed by atoms with E-state index in [-0.39, 0.29) is 28.7 Å². The molecule has 1 aliphatic heterocycles. The van der Waals surface area contributed by atoms with E-state index in [1.54, 1.807) is 19.1 Å². The van der Waals surface area contributed by atoms with Crippen molar-refractivity contribution in [2.75, 3.05) is 13.1 Å². The minimum Gasteiger partial charge on any atom is -0.390 e. The van der Waals surface area contributed by atoms with Crippen LogP contribution in [-0.4, -0.2) is 34.6 Å². The van der Waals surface area contributed by atoms with Gasteiger partial charge in [0.15, 0.2) is 0 Å². The van der Waals surface area contributed by atoms with Crippen LogP contribution in [0.1, 0.15) is 61.6 Å². The lowest BCUT2D eigenvalue weighted by Gasteiger charge is -2.52. The van der Waals surface area contributed by atoms with Gasteiger partial charge in [-0.05, 0) is 69.1 Å². The predicted molar refractivity (Wildman–Crippen MR) is 95.1 cm³/mol. The number of hydrogen-bond donors (Lipinski definition) is 1. The maximum Gasteiger partial charge on any atom is 0.416 e. The number of amides is 1. The van der Waals surface area contributed by atoms with Crippen molar-refractivity contribution in [2.24, 2.45) is 11.3 Å². The number of carbonyl (C=O) groups excluding carboxylic acids is 1. The minimum absolute atomic E-state index is 0.0490. The molecule has 3 aliphatic rings. The van der Waals surface area contributed by atoms with E-state index in [1.165, 1.54) is 13.0 Å². The first-order valence-corrected chi connectivity index (χ1v) is 9.67. The normalized spacial score (nSPS) is 32.3. The summed E-state index contributed by atoms with van der Waals surface area (Å²) in [5.74, 6) is 0.376. The number of nitrogens with zero attached hydrogens (tertiary/aromatic N) is 1. The van der Waals surface area contributed by atoms with E-state index in [1.807, 2.05) is 4.90 Å². The Morgan fingerprint density at radius 1 is 1.22 bits per heavy atom. The number of alkyl halides is 3. The van der Waals surface area contributed by atoms with Gasteiger partial charge in [0.1, 0.15) is 0 Å². The van der Waals surface area contributed by atoms with Crippen LogP contribution in [0, 0.1) is 18.3 Å². The lowest BCUT2D eigenvalue weighted by molar-refractivity contribution is -0.161. The van der Waals surface area contributed by atoms with Gasteiger partial charge in [0.2, 0.25) is 5.91 Å². The molecule has 0 radical (unpaired) electrons. The molecular weight excluding hydrogens is 355 g/mol. The maximum atomic E-state index is 13.0. The van der Waals surface area contributed by atoms with Crippen LogP contribution < -0.4 is 0 Å². The molecule has 148 valence electrons. The molecular formula is C21H26F3NO2. The van der Waals surface area contributed by atoms with E-state index in [4.69, 9.17) is 0 Å². The summed E-state index contributed by atoms with van der Waals surface area (Å²) in [4.78, 5) is 14.4. The fourth-order valence-corrected chi connectivity index (χ4v) is 5.39. The standard InChI is InChI=1S/C21H26F3NO2/c1-13-7-14(3-4-17(13)21(22,23)24)15-5-6-20(10-15)11-25(12-20)18(26)16-8-19(2,27)9-16/h3-4,7,15-16,27H,5-6,8-12H2,1-2H3/t15?,16-,19+. The second-order valence-electron chi connectivity index (χ2n) is 9.31. The molecule has 1 N–H and O–H groups in total. The molecule has 1 spiro atoms. The summed E-state index contributed by atoms with van der Waals surface area (Å²) in [5.41, 5.74) is 0.140. The summed E-state index contributed by atoms with van der Waals surface area (Å²) >= 11 is 0. The number of aryl methyl sites for hydroxylation is 1. The molecule has 3 fully saturated rings. The number of benzene rings is 1. The molecule has 0 bridgehead atoms. The van der Waals surface area contributed by atoms with Crippen molar-refractivity contribution in [1.29, 1.82) is 0 Å². The average molecular weight is 381 g/mol. The quantitative estimate of drug-likeness (QED) is 0.831. The highest BCUT2D eigenvalue weighted by atomic mass is 19.4. The number of carbonyl (C=O) groups is 1. The first kappa shape index (κ1) is 18.8. The van der Waals surface area contributed by atoms with Crippen LogP contribution in [0.15, 0.2) is 18.2 Å². The van der Waals surface area contributed by atoms with Crippen molar-refractivity contribution in [3.8, 4) is 0 Å². The summed E-state index contributed by atoms with van der Waals surface area (Å²) < 4.78 is 38.9. The second-order valence-corrected chi connectivity index (χ2v) is 9.31. The second kappa shape index (κ2) is 5.97. The Kier molecular flexibility index (Phi) is 4.15. The highest BCUT2D eigenvalue weighted by molar-refractivity contribution is 5.81. The number of aliphatic hydroxyl groups is 1. The van der Waals surface area contributed by atoms with Crippen LogP contribution in [0.4, 0.5) is 13.2 Å². The number of likely N-dealkylation sites (tertiary alicyclic amines) is 1. The van der Waals surface area contributed by atoms with Crippen LogP contribution in [-0.2, 0) is 11.0 Å². The maximum absolute atomic E-state index is 13.0. The van der Waals surface area contributed by atoms with Gasteiger partial charge < -0.3 is 10.0 Å². The monoisotopic (exact) mass is 381 g/mol. The molecule has 4 rings (SSSR count). The third-order valence-corrected chi connectivity index (χ3v) is 6.82. The topological polar surface area (TPSA) is 40.5 Å². The lowest BCUT2D eigenvalue weighted by atomic mass is 9.69. The van der Waals surface area contributed by atoms with Gasteiger partial charge in [-0.25, -0.2) is 0 Å². The smallest absolute Gasteiger partial charge is 0.390 e. The molecule has 2 saturated carbocycles. The molecule has 1 saturated heterocycles. The molecule has 1 aromatic rings. The zero-order chi connectivity index (χ0) is 19.6. The van der Waals surface area contributed by atoms with Crippen LogP contribution in [0.5, 0.6) is 0 Å². The fraction of sp³-hybridized carbons (Fsp3) is 0.667. The summed E-state index contributed by atoms with van der Waals surface area (Å²) in [7, 11) is 0. The molecule has 1 unspecified atom stereocenters. The SMILES string of the molecule is Cc1cc(C2CCC3(C2)CN(C(=O)[C@H]2C[C@@](C)(O)C2)C3)ccc1C(F)(F)F. The van der Waals surface area contributed by atoms with Crippen LogP contribution in [0.3, 0.4) is 0 Å². The van der Waals surface area contributed by atoms with Gasteiger partial charge >= 0.3 is 6.18 Å². The Hall–Kier alpha value is -1.56. The molecule has 27 heavy (non-hydrogen) atoms. The Bertz CT molecular complexity index is 757. The molecule has 1 atom stereocenters. The number of halogens is 3. The van der Waals surface area contributed by atoms with Crippen molar-refractivity contribution in [3.05, 3.63) is 34.9 Å². The van der Waals surface area contributed by atoms with Gasteiger partial charge in [0, 0.05) is 24.4 Å². The predicted octanol–water partition coefficient (Wildman–Crippen LogP) is 4.27. The van der Waals surface area contributed by atoms with E-state index >= 15 is 0 Å². The van der Waals surface area contributed by atoms with Gasteiger partial charge in [-0.1, -0.05) is 12.1 Å². The van der Waals surface area contributed by atoms with E-state index in [0.29, 0.717) is 12.8 Å². The van der Waals surface area contributed by atoms with Crippen LogP contribution >= 0.6 is 0 Å². The van der Waals surface area contributed by atoms with E-state index in [0.717, 1.165) is 37.9 Å². The molecule has 0 aromatic heterocycles. The summed E-state index contributed by atoms with van der Waals surface area (Å²) in [6.07, 6.45) is -0.301. The van der Waals surface area contributed by atoms with Gasteiger partial charge in [-0.3, -0.25) is 4.79 Å². The van der Waals surface area contributed by atoms with Gasteiger partial charge in [0.05, 0.1) is 11.2 Å². The first-order valence-electron chi connectivity index (χ1n) is 9.67. The highest BCUT2D eigenvalue weighted by Crippen LogP contribution is 2.53. The van der Waals surface area contributed by atoms with Crippen LogP contribution in [0.25, 0.3) is 0 Å². The fourth-order valence-electron chi connectivity index (χ4n) is 5.39. The zero-order valence-corrected chi connectivity index (χ0v) is 15.8. The Balaban J connectivity index is 1.36. The van der Waals surface area contributed by atoms with Crippen molar-refractivity contribution in [1.82, 2.24) is 4.90 Å². The average Bonchev–Trinajstić information content (AvgIpc) is 2.94. The third kappa shape index (κ3) is 3.37. The Labute approximate surface area is 157 Å². The molecule has 3 nitrogen and oxygen atoms in total. The first-order chi connectivity index (χ1) is 12.5. The van der Waals surface area contributed by atoms with Crippen molar-refractivity contribution in [3.63, 3.8) is 0 Å². The Morgan fingerprint density at radius 2 is 1.89 bits per heavy atom. The van der Waals surface area contributed by atoms with Gasteiger partial charge in [-0.15, -0.1) is 0 Å². The van der Waals surface area contributed by atoms with E-state index < -0.39 is 17.3 Å². The molecule has 1 heterocycles. The van der Waals surface area contributed by atoms with E-state index in [9.17, 15) is 23.1 Å². The van der Waals surface area contributed by atoms with Gasteiger partial charge in [-0.2, -0.15) is 13.2 Å². The summed E-state index contributed by atoms with van der Waals surface area (Å²) in [5, 5.41) is 9.82. The van der Waals surface area contributed by atoms with Crippen LogP contribution in [0.2, 0.25) is 0 Å². The number of rotatable bonds is 2. The third-order valence-electron chi connectivity index (χ3n) is 6.82. The van der Waals surface area contributed by atoms with Crippen molar-refractivity contribution >= 4 is 5.91 Å². The largest absolute Gasteiger partial charge is 0.416 e. The summed E-state index contributed by atoms with van der Waals surface area (Å²) in [6.45, 7) is 4.79. The van der Waals surface area contributed by atoms with Crippen molar-refractivity contribution in [2.45, 2.75) is 63.6 Å². The lowest BCUT2D eigenvalue weighted by Crippen LogP contribution is -2.61. The Morgan fingerprint density at radius 3 is 2.44 bits per heavy atom. The summed E-state index contributed by atoms with van der Waals surface area (Å²) in [6, 6.07) is 4.51. The van der Waals surface area contributed by atoms with Gasteiger partial charge in [0.25, 0.3) is 0 Å². The number of hydrogen-bond acceptors (Lipinski definition) is 2. The minimum atomic E-state index is -4.31.